The molecule has 31 heavy (non-hydrogen) atoms. The van der Waals surface area contributed by atoms with Crippen LogP contribution in [0.2, 0.25) is 0 Å². The molecule has 0 bridgehead atoms. The van der Waals surface area contributed by atoms with Crippen molar-refractivity contribution in [3.05, 3.63) is 78.9 Å². The molecule has 3 heterocycles. The maximum atomic E-state index is 13.4. The summed E-state index contributed by atoms with van der Waals surface area (Å²) in [6.45, 7) is 2.23. The first-order valence-corrected chi connectivity index (χ1v) is 12.4. The van der Waals surface area contributed by atoms with Gasteiger partial charge < -0.3 is 4.90 Å². The van der Waals surface area contributed by atoms with Crippen LogP contribution < -0.4 is 4.90 Å². The topological polar surface area (TPSA) is 53.5 Å². The van der Waals surface area contributed by atoms with Gasteiger partial charge in [-0.15, -0.1) is 0 Å². The second kappa shape index (κ2) is 8.09. The van der Waals surface area contributed by atoms with Crippen LogP contribution in [0.4, 0.5) is 5.82 Å². The predicted octanol–water partition coefficient (Wildman–Crippen LogP) is 4.57. The van der Waals surface area contributed by atoms with E-state index in [-0.39, 0.29) is 5.54 Å². The zero-order valence-corrected chi connectivity index (χ0v) is 18.3. The van der Waals surface area contributed by atoms with Gasteiger partial charge in [0.15, 0.2) is 0 Å². The van der Waals surface area contributed by atoms with Crippen LogP contribution in [0.3, 0.4) is 0 Å². The third kappa shape index (κ3) is 3.75. The number of aromatic nitrogens is 1. The van der Waals surface area contributed by atoms with Crippen LogP contribution in [0, 0.1) is 0 Å². The van der Waals surface area contributed by atoms with Crippen LogP contribution >= 0.6 is 0 Å². The number of rotatable bonds is 4. The van der Waals surface area contributed by atoms with Crippen LogP contribution in [0.1, 0.15) is 25.7 Å². The third-order valence-corrected chi connectivity index (χ3v) is 8.70. The lowest BCUT2D eigenvalue weighted by Gasteiger charge is -2.44. The molecular weight excluding hydrogens is 406 g/mol. The zero-order valence-electron chi connectivity index (χ0n) is 17.5. The average molecular weight is 434 g/mol. The van der Waals surface area contributed by atoms with Gasteiger partial charge in [0.2, 0.25) is 10.0 Å². The van der Waals surface area contributed by atoms with Crippen LogP contribution in [0.5, 0.6) is 0 Å². The normalized spacial score (nSPS) is 19.0. The first-order chi connectivity index (χ1) is 15.1. The number of benzene rings is 2. The number of nitrogens with zero attached hydrogens (tertiary/aromatic N) is 3. The molecule has 0 N–H and O–H groups in total. The van der Waals surface area contributed by atoms with Crippen molar-refractivity contribution in [2.45, 2.75) is 36.1 Å². The Morgan fingerprint density at radius 2 is 1.42 bits per heavy atom. The summed E-state index contributed by atoms with van der Waals surface area (Å²) in [5, 5.41) is 0. The van der Waals surface area contributed by atoms with E-state index in [1.807, 2.05) is 30.3 Å². The van der Waals surface area contributed by atoms with Crippen molar-refractivity contribution in [1.29, 1.82) is 0 Å². The van der Waals surface area contributed by atoms with Gasteiger partial charge in [-0.3, -0.25) is 0 Å². The number of sulfonamides is 1. The minimum atomic E-state index is -3.47. The highest BCUT2D eigenvalue weighted by atomic mass is 32.2. The molecule has 3 aromatic rings. The Morgan fingerprint density at radius 1 is 0.742 bits per heavy atom. The van der Waals surface area contributed by atoms with Gasteiger partial charge in [0, 0.05) is 30.7 Å². The molecule has 5 nitrogen and oxygen atoms in total. The number of pyridine rings is 1. The molecule has 160 valence electrons. The van der Waals surface area contributed by atoms with Gasteiger partial charge in [-0.05, 0) is 49.9 Å². The Bertz CT molecular complexity index is 1140. The van der Waals surface area contributed by atoms with Gasteiger partial charge in [0.1, 0.15) is 5.82 Å². The molecule has 0 radical (unpaired) electrons. The second-order valence-electron chi connectivity index (χ2n) is 8.45. The molecule has 2 aliphatic rings. The molecule has 0 atom stereocenters. The highest BCUT2D eigenvalue weighted by Crippen LogP contribution is 2.42. The van der Waals surface area contributed by atoms with Gasteiger partial charge in [0.25, 0.3) is 0 Å². The van der Waals surface area contributed by atoms with Crippen LogP contribution in [-0.2, 0) is 10.0 Å². The number of hydrogen-bond acceptors (Lipinski definition) is 4. The van der Waals surface area contributed by atoms with Crippen molar-refractivity contribution in [3.63, 3.8) is 0 Å². The van der Waals surface area contributed by atoms with E-state index >= 15 is 0 Å². The molecule has 2 aromatic carbocycles. The van der Waals surface area contributed by atoms with Gasteiger partial charge in [0.05, 0.1) is 10.6 Å². The molecule has 0 unspecified atom stereocenters. The summed E-state index contributed by atoms with van der Waals surface area (Å²) in [5.74, 6) is 0.965. The Labute approximate surface area is 184 Å². The van der Waals surface area contributed by atoms with E-state index in [0.29, 0.717) is 11.4 Å². The molecule has 1 spiro atoms. The molecule has 5 rings (SSSR count). The summed E-state index contributed by atoms with van der Waals surface area (Å²) in [4.78, 5) is 7.59. The first kappa shape index (κ1) is 20.2. The van der Waals surface area contributed by atoms with Crippen molar-refractivity contribution in [2.75, 3.05) is 24.5 Å². The summed E-state index contributed by atoms with van der Waals surface area (Å²) < 4.78 is 28.5. The molecule has 2 saturated heterocycles. The van der Waals surface area contributed by atoms with E-state index < -0.39 is 10.0 Å². The molecular formula is C25H27N3O2S. The molecule has 6 heteroatoms. The van der Waals surface area contributed by atoms with Crippen LogP contribution in [0.15, 0.2) is 83.8 Å². The lowest BCUT2D eigenvalue weighted by molar-refractivity contribution is 0.192. The fraction of sp³-hybridized carbons (Fsp3) is 0.320. The zero-order chi connectivity index (χ0) is 21.3. The molecule has 2 fully saturated rings. The van der Waals surface area contributed by atoms with Gasteiger partial charge in [-0.1, -0.05) is 54.6 Å². The molecule has 0 saturated carbocycles. The highest BCUT2D eigenvalue weighted by molar-refractivity contribution is 7.89. The van der Waals surface area contributed by atoms with Gasteiger partial charge in [-0.25, -0.2) is 13.4 Å². The summed E-state index contributed by atoms with van der Waals surface area (Å²) in [6, 6.07) is 25.2. The standard InChI is InChI=1S/C25H27N3O2S/c29-31(30,22-11-5-2-6-12-22)28-18-8-15-25(28)16-19-27(20-17-25)24-14-7-13-23(26-24)21-9-3-1-4-10-21/h1-7,9-14H,8,15-20H2. The Kier molecular flexibility index (Phi) is 5.28. The van der Waals surface area contributed by atoms with Crippen molar-refractivity contribution < 1.29 is 8.42 Å². The van der Waals surface area contributed by atoms with Crippen molar-refractivity contribution in [2.24, 2.45) is 0 Å². The monoisotopic (exact) mass is 433 g/mol. The molecule has 2 aliphatic heterocycles. The van der Waals surface area contributed by atoms with E-state index in [4.69, 9.17) is 4.98 Å². The lowest BCUT2D eigenvalue weighted by Crippen LogP contribution is -2.54. The van der Waals surface area contributed by atoms with Crippen molar-refractivity contribution in [3.8, 4) is 11.3 Å². The minimum Gasteiger partial charge on any atom is -0.356 e. The Hall–Kier alpha value is -2.70. The van der Waals surface area contributed by atoms with E-state index in [1.54, 1.807) is 28.6 Å². The third-order valence-electron chi connectivity index (χ3n) is 6.69. The van der Waals surface area contributed by atoms with E-state index in [0.717, 1.165) is 55.8 Å². The van der Waals surface area contributed by atoms with Crippen molar-refractivity contribution in [1.82, 2.24) is 9.29 Å². The Morgan fingerprint density at radius 3 is 2.13 bits per heavy atom. The summed E-state index contributed by atoms with van der Waals surface area (Å²) in [6.07, 6.45) is 3.52. The average Bonchev–Trinajstić information content (AvgIpc) is 3.24. The summed E-state index contributed by atoms with van der Waals surface area (Å²) in [7, 11) is -3.47. The van der Waals surface area contributed by atoms with Crippen LogP contribution in [-0.4, -0.2) is 42.9 Å². The smallest absolute Gasteiger partial charge is 0.243 e. The van der Waals surface area contributed by atoms with Gasteiger partial charge in [-0.2, -0.15) is 4.31 Å². The number of anilines is 1. The van der Waals surface area contributed by atoms with Crippen molar-refractivity contribution >= 4 is 15.8 Å². The van der Waals surface area contributed by atoms with E-state index in [2.05, 4.69) is 29.2 Å². The Balaban J connectivity index is 1.35. The SMILES string of the molecule is O=S(=O)(c1ccccc1)N1CCCC12CCN(c1cccc(-c3ccccc3)n1)CC2. The quantitative estimate of drug-likeness (QED) is 0.605. The van der Waals surface area contributed by atoms with E-state index in [1.165, 1.54) is 0 Å². The maximum absolute atomic E-state index is 13.4. The molecule has 0 aliphatic carbocycles. The second-order valence-corrected chi connectivity index (χ2v) is 10.3. The molecule has 0 amide bonds. The number of piperidine rings is 1. The lowest BCUT2D eigenvalue weighted by atomic mass is 9.86. The fourth-order valence-corrected chi connectivity index (χ4v) is 6.94. The van der Waals surface area contributed by atoms with Crippen LogP contribution in [0.25, 0.3) is 11.3 Å². The highest BCUT2D eigenvalue weighted by Gasteiger charge is 2.49. The predicted molar refractivity (Wildman–Crippen MR) is 123 cm³/mol. The van der Waals surface area contributed by atoms with E-state index in [9.17, 15) is 8.42 Å². The maximum Gasteiger partial charge on any atom is 0.243 e. The summed E-state index contributed by atoms with van der Waals surface area (Å²) in [5.41, 5.74) is 1.80. The fourth-order valence-electron chi connectivity index (χ4n) is 5.03. The number of hydrogen-bond donors (Lipinski definition) is 0. The first-order valence-electron chi connectivity index (χ1n) is 10.9. The molecule has 1 aromatic heterocycles. The largest absolute Gasteiger partial charge is 0.356 e. The minimum absolute atomic E-state index is 0.276. The summed E-state index contributed by atoms with van der Waals surface area (Å²) >= 11 is 0. The van der Waals surface area contributed by atoms with Gasteiger partial charge >= 0.3 is 0 Å².